The maximum Gasteiger partial charge on any atom is 0.340 e. The zero-order valence-corrected chi connectivity index (χ0v) is 25.1. The van der Waals surface area contributed by atoms with E-state index in [4.69, 9.17) is 4.74 Å². The molecule has 4 aromatic rings. The molecule has 218 valence electrons. The largest absolute Gasteiger partial charge is 0.462 e. The van der Waals surface area contributed by atoms with Crippen molar-refractivity contribution in [2.75, 3.05) is 11.5 Å². The highest BCUT2D eigenvalue weighted by Crippen LogP contribution is 2.40. The molecule has 1 aromatic heterocycles. The Labute approximate surface area is 255 Å². The van der Waals surface area contributed by atoms with Gasteiger partial charge in [0.25, 0.3) is 11.8 Å². The van der Waals surface area contributed by atoms with Crippen LogP contribution in [0.15, 0.2) is 107 Å². The molecule has 1 aliphatic rings. The Morgan fingerprint density at radius 1 is 0.814 bits per heavy atom. The number of nitrogens with zero attached hydrogens (tertiary/aromatic N) is 4. The van der Waals surface area contributed by atoms with Crippen LogP contribution < -0.4 is 4.90 Å². The van der Waals surface area contributed by atoms with E-state index in [9.17, 15) is 14.4 Å². The van der Waals surface area contributed by atoms with Crippen LogP contribution >= 0.6 is 11.8 Å². The number of anilines is 1. The monoisotopic (exact) mass is 592 g/mol. The Morgan fingerprint density at radius 2 is 1.37 bits per heavy atom. The van der Waals surface area contributed by atoms with Gasteiger partial charge in [-0.25, -0.2) is 19.7 Å². The first-order valence-corrected chi connectivity index (χ1v) is 14.9. The van der Waals surface area contributed by atoms with E-state index < -0.39 is 17.8 Å². The lowest BCUT2D eigenvalue weighted by molar-refractivity contribution is -0.121. The molecular formula is C34H32N4O4S. The molecule has 43 heavy (non-hydrogen) atoms. The van der Waals surface area contributed by atoms with E-state index >= 15 is 0 Å². The lowest BCUT2D eigenvalue weighted by Crippen LogP contribution is -2.36. The zero-order chi connectivity index (χ0) is 30.3. The molecule has 9 heteroatoms. The third kappa shape index (κ3) is 6.84. The molecule has 0 saturated carbocycles. The maximum absolute atomic E-state index is 14.5. The Hall–Kier alpha value is -4.76. The van der Waals surface area contributed by atoms with E-state index in [2.05, 4.69) is 9.97 Å². The Bertz CT molecular complexity index is 1610. The summed E-state index contributed by atoms with van der Waals surface area (Å²) in [5, 5.41) is 0.364. The standard InChI is InChI=1S/C34H32N4O4S/c1-4-19-42-33(41)27-17-11-12-18-28(27)38-31(39)29(30(32(38)40)43-34-35-23(2)20-24(3)36-34)37(21-25-13-7-5-8-14-25)22-26-15-9-6-10-16-26/h5-18,20H,4,19,21-22H2,1-3H3. The molecule has 0 radical (unpaired) electrons. The van der Waals surface area contributed by atoms with E-state index in [1.165, 1.54) is 0 Å². The highest BCUT2D eigenvalue weighted by molar-refractivity contribution is 8.04. The Kier molecular flexibility index (Phi) is 9.32. The lowest BCUT2D eigenvalue weighted by Gasteiger charge is -2.26. The number of benzene rings is 3. The average molecular weight is 593 g/mol. The summed E-state index contributed by atoms with van der Waals surface area (Å²) >= 11 is 1.06. The van der Waals surface area contributed by atoms with Crippen molar-refractivity contribution < 1.29 is 19.1 Å². The molecular weight excluding hydrogens is 560 g/mol. The number of para-hydroxylation sites is 1. The van der Waals surface area contributed by atoms with Crippen molar-refractivity contribution in [1.82, 2.24) is 14.9 Å². The molecule has 0 aliphatic carbocycles. The third-order valence-electron chi connectivity index (χ3n) is 6.72. The topological polar surface area (TPSA) is 92.7 Å². The van der Waals surface area contributed by atoms with Crippen LogP contribution in [0.5, 0.6) is 0 Å². The number of imide groups is 1. The van der Waals surface area contributed by atoms with Crippen molar-refractivity contribution in [3.8, 4) is 0 Å². The molecule has 3 aromatic carbocycles. The SMILES string of the molecule is CCCOC(=O)c1ccccc1N1C(=O)C(Sc2nc(C)cc(C)n2)=C(N(Cc2ccccc2)Cc2ccccc2)C1=O. The van der Waals surface area contributed by atoms with Gasteiger partial charge < -0.3 is 9.64 Å². The van der Waals surface area contributed by atoms with Crippen LogP contribution in [-0.4, -0.2) is 39.3 Å². The molecule has 8 nitrogen and oxygen atoms in total. The fourth-order valence-electron chi connectivity index (χ4n) is 4.85. The predicted molar refractivity (Wildman–Crippen MR) is 166 cm³/mol. The molecule has 2 heterocycles. The number of rotatable bonds is 11. The first-order valence-electron chi connectivity index (χ1n) is 14.1. The number of amides is 2. The van der Waals surface area contributed by atoms with Crippen molar-refractivity contribution >= 4 is 35.2 Å². The summed E-state index contributed by atoms with van der Waals surface area (Å²) in [6.45, 7) is 6.58. The summed E-state index contributed by atoms with van der Waals surface area (Å²) in [6.07, 6.45) is 0.645. The van der Waals surface area contributed by atoms with Crippen molar-refractivity contribution in [2.45, 2.75) is 45.4 Å². The molecule has 0 atom stereocenters. The number of thioether (sulfide) groups is 1. The van der Waals surface area contributed by atoms with Gasteiger partial charge in [0.2, 0.25) is 0 Å². The summed E-state index contributed by atoms with van der Waals surface area (Å²) in [5.41, 5.74) is 3.99. The summed E-state index contributed by atoms with van der Waals surface area (Å²) in [6, 6.07) is 27.9. The Morgan fingerprint density at radius 3 is 1.95 bits per heavy atom. The summed E-state index contributed by atoms with van der Waals surface area (Å²) in [5.74, 6) is -1.67. The van der Waals surface area contributed by atoms with Crippen LogP contribution in [0.25, 0.3) is 0 Å². The number of carbonyl (C=O) groups excluding carboxylic acids is 3. The van der Waals surface area contributed by atoms with Gasteiger partial charge in [0, 0.05) is 24.5 Å². The smallest absolute Gasteiger partial charge is 0.340 e. The second-order valence-electron chi connectivity index (χ2n) is 10.1. The predicted octanol–water partition coefficient (Wildman–Crippen LogP) is 6.24. The minimum Gasteiger partial charge on any atom is -0.462 e. The summed E-state index contributed by atoms with van der Waals surface area (Å²) in [4.78, 5) is 54.0. The molecule has 0 N–H and O–H groups in total. The third-order valence-corrected chi connectivity index (χ3v) is 7.66. The number of aromatic nitrogens is 2. The molecule has 0 saturated heterocycles. The van der Waals surface area contributed by atoms with Gasteiger partial charge >= 0.3 is 5.97 Å². The van der Waals surface area contributed by atoms with E-state index in [0.29, 0.717) is 24.7 Å². The van der Waals surface area contributed by atoms with Crippen molar-refractivity contribution in [1.29, 1.82) is 0 Å². The number of carbonyl (C=O) groups is 3. The molecule has 5 rings (SSSR count). The minimum atomic E-state index is -0.594. The molecule has 0 fully saturated rings. The summed E-state index contributed by atoms with van der Waals surface area (Å²) in [7, 11) is 0. The number of ether oxygens (including phenoxy) is 1. The van der Waals surface area contributed by atoms with Crippen molar-refractivity contribution in [3.63, 3.8) is 0 Å². The molecule has 0 bridgehead atoms. The van der Waals surface area contributed by atoms with Crippen LogP contribution in [0.2, 0.25) is 0 Å². The normalized spacial score (nSPS) is 13.0. The van der Waals surface area contributed by atoms with Gasteiger partial charge in [-0.3, -0.25) is 9.59 Å². The Balaban J connectivity index is 1.64. The van der Waals surface area contributed by atoms with Crippen LogP contribution in [0.1, 0.15) is 46.2 Å². The maximum atomic E-state index is 14.5. The van der Waals surface area contributed by atoms with E-state index in [1.807, 2.05) is 92.4 Å². The van der Waals surface area contributed by atoms with E-state index in [1.54, 1.807) is 24.3 Å². The van der Waals surface area contributed by atoms with Gasteiger partial charge in [0.05, 0.1) is 17.9 Å². The zero-order valence-electron chi connectivity index (χ0n) is 24.3. The van der Waals surface area contributed by atoms with Gasteiger partial charge in [-0.2, -0.15) is 0 Å². The van der Waals surface area contributed by atoms with Crippen molar-refractivity contribution in [2.24, 2.45) is 0 Å². The lowest BCUT2D eigenvalue weighted by atomic mass is 10.1. The summed E-state index contributed by atoms with van der Waals surface area (Å²) < 4.78 is 5.39. The molecule has 0 unspecified atom stereocenters. The van der Waals surface area contributed by atoms with Gasteiger partial charge in [-0.05, 0) is 61.4 Å². The molecule has 2 amide bonds. The second kappa shape index (κ2) is 13.5. The highest BCUT2D eigenvalue weighted by Gasteiger charge is 2.44. The van der Waals surface area contributed by atoms with Gasteiger partial charge in [0.1, 0.15) is 10.6 Å². The quantitative estimate of drug-likeness (QED) is 0.115. The first-order chi connectivity index (χ1) is 20.9. The van der Waals surface area contributed by atoms with Crippen LogP contribution in [0, 0.1) is 13.8 Å². The minimum absolute atomic E-state index is 0.142. The molecule has 1 aliphatic heterocycles. The number of esters is 1. The van der Waals surface area contributed by atoms with E-state index in [-0.39, 0.29) is 28.5 Å². The van der Waals surface area contributed by atoms with Crippen LogP contribution in [0.4, 0.5) is 5.69 Å². The van der Waals surface area contributed by atoms with Crippen molar-refractivity contribution in [3.05, 3.63) is 130 Å². The number of aryl methyl sites for hydroxylation is 2. The van der Waals surface area contributed by atoms with Crippen LogP contribution in [0.3, 0.4) is 0 Å². The van der Waals surface area contributed by atoms with E-state index in [0.717, 1.165) is 39.2 Å². The first kappa shape index (κ1) is 29.7. The average Bonchev–Trinajstić information content (AvgIpc) is 3.24. The fourth-order valence-corrected chi connectivity index (χ4v) is 5.91. The number of hydrogen-bond acceptors (Lipinski definition) is 8. The fraction of sp³-hybridized carbons (Fsp3) is 0.206. The van der Waals surface area contributed by atoms with Crippen LogP contribution in [-0.2, 0) is 27.4 Å². The number of hydrogen-bond donors (Lipinski definition) is 0. The van der Waals surface area contributed by atoms with Gasteiger partial charge in [0.15, 0.2) is 5.16 Å². The van der Waals surface area contributed by atoms with Gasteiger partial charge in [-0.15, -0.1) is 0 Å². The molecule has 0 spiro atoms. The van der Waals surface area contributed by atoms with Gasteiger partial charge in [-0.1, -0.05) is 79.7 Å². The second-order valence-corrected chi connectivity index (χ2v) is 11.1. The highest BCUT2D eigenvalue weighted by atomic mass is 32.2.